The van der Waals surface area contributed by atoms with Gasteiger partial charge in [-0.3, -0.25) is 4.79 Å². The Morgan fingerprint density at radius 2 is 1.73 bits per heavy atom. The Morgan fingerprint density at radius 3 is 2.42 bits per heavy atom. The van der Waals surface area contributed by atoms with Crippen LogP contribution in [0.5, 0.6) is 5.75 Å². The molecule has 0 aromatic heterocycles. The summed E-state index contributed by atoms with van der Waals surface area (Å²) in [6, 6.07) is 14.1. The summed E-state index contributed by atoms with van der Waals surface area (Å²) in [5, 5.41) is 0.768. The molecule has 1 aliphatic carbocycles. The number of ketones is 1. The van der Waals surface area contributed by atoms with E-state index in [1.54, 1.807) is 0 Å². The van der Waals surface area contributed by atoms with Crippen molar-refractivity contribution in [2.75, 3.05) is 0 Å². The number of carbonyl (C=O) groups excluding carboxylic acids is 1. The molecule has 0 atom stereocenters. The van der Waals surface area contributed by atoms with Gasteiger partial charge in [0.15, 0.2) is 0 Å². The monoisotopic (exact) mass is 370 g/mol. The van der Waals surface area contributed by atoms with E-state index in [4.69, 9.17) is 16.3 Å². The fourth-order valence-corrected chi connectivity index (χ4v) is 3.74. The van der Waals surface area contributed by atoms with Gasteiger partial charge in [0.2, 0.25) is 0 Å². The minimum atomic E-state index is 0.313. The van der Waals surface area contributed by atoms with Gasteiger partial charge < -0.3 is 4.74 Å². The fraction of sp³-hybridized carbons (Fsp3) is 0.435. The standard InChI is InChI=1S/C23H27ClO2/c1-17-7-8-19(15-22(17)24)16-26-21-12-9-18(10-13-21)11-14-23(25)20-5-3-2-4-6-20/h7-10,12-13,15,20H,2-6,11,14,16H2,1H3. The summed E-state index contributed by atoms with van der Waals surface area (Å²) in [6.07, 6.45) is 7.39. The highest BCUT2D eigenvalue weighted by Crippen LogP contribution is 2.26. The lowest BCUT2D eigenvalue weighted by Gasteiger charge is -2.20. The van der Waals surface area contributed by atoms with E-state index in [1.165, 1.54) is 24.8 Å². The van der Waals surface area contributed by atoms with Gasteiger partial charge in [0.05, 0.1) is 0 Å². The molecule has 1 aliphatic rings. The quantitative estimate of drug-likeness (QED) is 0.570. The topological polar surface area (TPSA) is 26.3 Å². The molecule has 0 N–H and O–H groups in total. The van der Waals surface area contributed by atoms with Crippen molar-refractivity contribution in [2.45, 2.75) is 58.5 Å². The molecule has 1 fully saturated rings. The van der Waals surface area contributed by atoms with E-state index in [9.17, 15) is 4.79 Å². The maximum absolute atomic E-state index is 12.3. The Balaban J connectivity index is 1.47. The van der Waals surface area contributed by atoms with Crippen LogP contribution in [0.25, 0.3) is 0 Å². The maximum atomic E-state index is 12.3. The summed E-state index contributed by atoms with van der Waals surface area (Å²) in [6.45, 7) is 2.49. The number of carbonyl (C=O) groups is 1. The highest BCUT2D eigenvalue weighted by molar-refractivity contribution is 6.31. The lowest BCUT2D eigenvalue weighted by molar-refractivity contribution is -0.123. The molecule has 0 radical (unpaired) electrons. The van der Waals surface area contributed by atoms with Crippen molar-refractivity contribution in [3.8, 4) is 5.75 Å². The fourth-order valence-electron chi connectivity index (χ4n) is 3.54. The smallest absolute Gasteiger partial charge is 0.136 e. The maximum Gasteiger partial charge on any atom is 0.136 e. The van der Waals surface area contributed by atoms with Gasteiger partial charge in [-0.05, 0) is 61.1 Å². The number of rotatable bonds is 7. The van der Waals surface area contributed by atoms with Crippen molar-refractivity contribution in [3.05, 3.63) is 64.2 Å². The number of halogens is 1. The van der Waals surface area contributed by atoms with E-state index >= 15 is 0 Å². The average Bonchev–Trinajstić information content (AvgIpc) is 2.68. The van der Waals surface area contributed by atoms with E-state index in [0.29, 0.717) is 24.7 Å². The molecule has 26 heavy (non-hydrogen) atoms. The third-order valence-corrected chi connectivity index (χ3v) is 5.69. The first kappa shape index (κ1) is 19.0. The minimum Gasteiger partial charge on any atom is -0.489 e. The first-order valence-corrected chi connectivity index (χ1v) is 9.99. The largest absolute Gasteiger partial charge is 0.489 e. The highest BCUT2D eigenvalue weighted by Gasteiger charge is 2.20. The molecule has 3 heteroatoms. The normalized spacial score (nSPS) is 15.0. The van der Waals surface area contributed by atoms with E-state index in [0.717, 1.165) is 41.2 Å². The summed E-state index contributed by atoms with van der Waals surface area (Å²) in [5.41, 5.74) is 3.32. The molecule has 0 saturated heterocycles. The molecule has 0 aliphatic heterocycles. The Kier molecular flexibility index (Phi) is 6.73. The molecule has 0 heterocycles. The van der Waals surface area contributed by atoms with E-state index < -0.39 is 0 Å². The second-order valence-corrected chi connectivity index (χ2v) is 7.72. The molecule has 1 saturated carbocycles. The van der Waals surface area contributed by atoms with Crippen molar-refractivity contribution in [1.29, 1.82) is 0 Å². The SMILES string of the molecule is Cc1ccc(COc2ccc(CCC(=O)C3CCCCC3)cc2)cc1Cl. The zero-order valence-electron chi connectivity index (χ0n) is 15.5. The van der Waals surface area contributed by atoms with Gasteiger partial charge in [-0.2, -0.15) is 0 Å². The first-order valence-electron chi connectivity index (χ1n) is 9.61. The van der Waals surface area contributed by atoms with Gasteiger partial charge in [0, 0.05) is 17.4 Å². The van der Waals surface area contributed by atoms with Crippen molar-refractivity contribution in [3.63, 3.8) is 0 Å². The Bertz CT molecular complexity index is 730. The van der Waals surface area contributed by atoms with Crippen LogP contribution >= 0.6 is 11.6 Å². The van der Waals surface area contributed by atoms with Crippen LogP contribution in [0, 0.1) is 12.8 Å². The van der Waals surface area contributed by atoms with Crippen LogP contribution in [0.3, 0.4) is 0 Å². The number of hydrogen-bond acceptors (Lipinski definition) is 2. The zero-order chi connectivity index (χ0) is 18.4. The summed E-state index contributed by atoms with van der Waals surface area (Å²) >= 11 is 6.15. The Hall–Kier alpha value is -1.80. The van der Waals surface area contributed by atoms with Gasteiger partial charge >= 0.3 is 0 Å². The summed E-state index contributed by atoms with van der Waals surface area (Å²) in [4.78, 5) is 12.3. The van der Waals surface area contributed by atoms with E-state index in [2.05, 4.69) is 12.1 Å². The Morgan fingerprint density at radius 1 is 1.04 bits per heavy atom. The van der Waals surface area contributed by atoms with E-state index in [-0.39, 0.29) is 0 Å². The summed E-state index contributed by atoms with van der Waals surface area (Å²) in [5.74, 6) is 1.60. The molecule has 2 aromatic carbocycles. The minimum absolute atomic E-state index is 0.313. The summed E-state index contributed by atoms with van der Waals surface area (Å²) < 4.78 is 5.84. The highest BCUT2D eigenvalue weighted by atomic mass is 35.5. The molecule has 0 amide bonds. The molecular weight excluding hydrogens is 344 g/mol. The molecule has 2 aromatic rings. The summed E-state index contributed by atoms with van der Waals surface area (Å²) in [7, 11) is 0. The predicted octanol–water partition coefficient (Wildman–Crippen LogP) is 6.31. The van der Waals surface area contributed by atoms with Gasteiger partial charge in [-0.1, -0.05) is 55.1 Å². The molecule has 0 unspecified atom stereocenters. The van der Waals surface area contributed by atoms with Gasteiger partial charge in [0.25, 0.3) is 0 Å². The van der Waals surface area contributed by atoms with Crippen LogP contribution in [0.15, 0.2) is 42.5 Å². The van der Waals surface area contributed by atoms with Crippen LogP contribution < -0.4 is 4.74 Å². The molecule has 138 valence electrons. The van der Waals surface area contributed by atoms with Gasteiger partial charge in [-0.15, -0.1) is 0 Å². The third kappa shape index (κ3) is 5.35. The second kappa shape index (κ2) is 9.23. The number of benzene rings is 2. The Labute approximate surface area is 161 Å². The zero-order valence-corrected chi connectivity index (χ0v) is 16.2. The van der Waals surface area contributed by atoms with Crippen LogP contribution in [-0.4, -0.2) is 5.78 Å². The lowest BCUT2D eigenvalue weighted by Crippen LogP contribution is -2.18. The molecule has 0 spiro atoms. The third-order valence-electron chi connectivity index (χ3n) is 5.29. The van der Waals surface area contributed by atoms with Crippen LogP contribution in [0.1, 0.15) is 55.2 Å². The second-order valence-electron chi connectivity index (χ2n) is 7.32. The molecular formula is C23H27ClO2. The van der Waals surface area contributed by atoms with Crippen molar-refractivity contribution < 1.29 is 9.53 Å². The predicted molar refractivity (Wildman–Crippen MR) is 107 cm³/mol. The first-order chi connectivity index (χ1) is 12.6. The van der Waals surface area contributed by atoms with Crippen LogP contribution in [0.4, 0.5) is 0 Å². The van der Waals surface area contributed by atoms with Crippen LogP contribution in [0.2, 0.25) is 5.02 Å². The number of Topliss-reactive ketones (excluding diaryl/α,β-unsaturated/α-hetero) is 1. The number of hydrogen-bond donors (Lipinski definition) is 0. The molecule has 2 nitrogen and oxygen atoms in total. The number of ether oxygens (including phenoxy) is 1. The molecule has 3 rings (SSSR count). The van der Waals surface area contributed by atoms with Crippen molar-refractivity contribution in [1.82, 2.24) is 0 Å². The van der Waals surface area contributed by atoms with Gasteiger partial charge in [-0.25, -0.2) is 0 Å². The van der Waals surface area contributed by atoms with Crippen molar-refractivity contribution in [2.24, 2.45) is 5.92 Å². The molecule has 0 bridgehead atoms. The van der Waals surface area contributed by atoms with Crippen molar-refractivity contribution >= 4 is 17.4 Å². The lowest BCUT2D eigenvalue weighted by atomic mass is 9.84. The van der Waals surface area contributed by atoms with Gasteiger partial charge in [0.1, 0.15) is 18.1 Å². The number of aryl methyl sites for hydroxylation is 2. The average molecular weight is 371 g/mol. The van der Waals surface area contributed by atoms with Crippen LogP contribution in [-0.2, 0) is 17.8 Å². The van der Waals surface area contributed by atoms with E-state index in [1.807, 2.05) is 37.3 Å².